The predicted octanol–water partition coefficient (Wildman–Crippen LogP) is 3.65. The highest BCUT2D eigenvalue weighted by molar-refractivity contribution is 7.86. The van der Waals surface area contributed by atoms with Crippen molar-refractivity contribution in [3.63, 3.8) is 0 Å². The largest absolute Gasteiger partial charge is 0.416 e. The van der Waals surface area contributed by atoms with E-state index < -0.39 is 54.2 Å². The lowest BCUT2D eigenvalue weighted by Gasteiger charge is -2.41. The zero-order valence-corrected chi connectivity index (χ0v) is 15.4. The molecule has 0 bridgehead atoms. The van der Waals surface area contributed by atoms with Crippen LogP contribution in [0.1, 0.15) is 32.3 Å². The topological polar surface area (TPSA) is 107 Å². The molecule has 1 aliphatic rings. The molecule has 12 heteroatoms. The Morgan fingerprint density at radius 3 is 2.00 bits per heavy atom. The quantitative estimate of drug-likeness (QED) is 0.543. The number of hydrogen-bond acceptors (Lipinski definition) is 6. The molecule has 1 unspecified atom stereocenters. The fourth-order valence-corrected chi connectivity index (χ4v) is 5.03. The van der Waals surface area contributed by atoms with Crippen LogP contribution in [0.5, 0.6) is 0 Å². The molecule has 0 amide bonds. The van der Waals surface area contributed by atoms with Crippen LogP contribution in [0.25, 0.3) is 0 Å². The summed E-state index contributed by atoms with van der Waals surface area (Å²) in [6.07, 6.45) is -4.03. The minimum atomic E-state index is -4.96. The van der Waals surface area contributed by atoms with Gasteiger partial charge in [0.15, 0.2) is 5.69 Å². The smallest absolute Gasteiger partial charge is 0.358 e. The average Bonchev–Trinajstić information content (AvgIpc) is 2.60. The van der Waals surface area contributed by atoms with Gasteiger partial charge in [0.2, 0.25) is 0 Å². The first-order valence-corrected chi connectivity index (χ1v) is 9.46. The monoisotopic (exact) mass is 409 g/mol. The number of benzene rings is 1. The van der Waals surface area contributed by atoms with Crippen LogP contribution in [0.15, 0.2) is 12.1 Å². The van der Waals surface area contributed by atoms with Crippen molar-refractivity contribution >= 4 is 27.9 Å². The fourth-order valence-electron chi connectivity index (χ4n) is 3.27. The van der Waals surface area contributed by atoms with Crippen LogP contribution in [0.2, 0.25) is 0 Å². The van der Waals surface area contributed by atoms with E-state index in [1.54, 1.807) is 13.8 Å². The molecule has 2 rings (SSSR count). The Hall–Kier alpha value is -2.24. The number of hydrogen-bond donors (Lipinski definition) is 0. The standard InChI is InChI=1S/C15H18F3N3O5S/c1-3-14(4-2)9-19(5-6-27(14)26)13-11(20(22)23)7-10(15(16,17)18)8-12(13)21(24)25/h7-8H,3-6,9H2,1-2H3. The summed E-state index contributed by atoms with van der Waals surface area (Å²) < 4.78 is 50.8. The van der Waals surface area contributed by atoms with Crippen LogP contribution in [0.4, 0.5) is 30.2 Å². The number of nitrogens with zero attached hydrogens (tertiary/aromatic N) is 3. The second-order valence-electron chi connectivity index (χ2n) is 6.24. The zero-order chi connectivity index (χ0) is 20.6. The first-order chi connectivity index (χ1) is 12.5. The molecule has 0 aliphatic carbocycles. The van der Waals surface area contributed by atoms with Crippen molar-refractivity contribution in [2.24, 2.45) is 0 Å². The molecule has 1 aromatic carbocycles. The molecule has 0 aromatic heterocycles. The number of halogens is 3. The average molecular weight is 409 g/mol. The van der Waals surface area contributed by atoms with Gasteiger partial charge < -0.3 is 4.90 Å². The van der Waals surface area contributed by atoms with Gasteiger partial charge in [0.25, 0.3) is 11.4 Å². The SMILES string of the molecule is CCC1(CC)CN(c2c([N+](=O)[O-])cc(C(F)(F)F)cc2[N+](=O)[O-])CCS1=O. The third-order valence-electron chi connectivity index (χ3n) is 4.90. The maximum absolute atomic E-state index is 13.0. The summed E-state index contributed by atoms with van der Waals surface area (Å²) in [4.78, 5) is 22.0. The van der Waals surface area contributed by atoms with Crippen molar-refractivity contribution in [3.05, 3.63) is 37.9 Å². The first-order valence-electron chi connectivity index (χ1n) is 8.14. The van der Waals surface area contributed by atoms with E-state index in [1.165, 1.54) is 4.90 Å². The molecule has 0 N–H and O–H groups in total. The lowest BCUT2D eigenvalue weighted by molar-refractivity contribution is -0.393. The third-order valence-corrected chi connectivity index (χ3v) is 7.13. The van der Waals surface area contributed by atoms with Gasteiger partial charge in [-0.3, -0.25) is 24.4 Å². The molecule has 8 nitrogen and oxygen atoms in total. The maximum atomic E-state index is 13.0. The van der Waals surface area contributed by atoms with Crippen molar-refractivity contribution in [1.82, 2.24) is 0 Å². The number of rotatable bonds is 5. The van der Waals surface area contributed by atoms with E-state index in [9.17, 15) is 37.6 Å². The Bertz CT molecular complexity index is 760. The second-order valence-corrected chi connectivity index (χ2v) is 8.20. The molecule has 27 heavy (non-hydrogen) atoms. The first kappa shape index (κ1) is 21.1. The molecule has 0 spiro atoms. The molecular formula is C15H18F3N3O5S. The van der Waals surface area contributed by atoms with Crippen LogP contribution in [-0.4, -0.2) is 37.6 Å². The normalized spacial score (nSPS) is 19.7. The summed E-state index contributed by atoms with van der Waals surface area (Å²) in [6, 6.07) is 0.626. The van der Waals surface area contributed by atoms with Gasteiger partial charge in [-0.2, -0.15) is 13.2 Å². The molecule has 1 saturated heterocycles. The molecule has 1 heterocycles. The number of nitro groups is 2. The van der Waals surface area contributed by atoms with E-state index >= 15 is 0 Å². The van der Waals surface area contributed by atoms with Gasteiger partial charge in [0.1, 0.15) is 0 Å². The summed E-state index contributed by atoms with van der Waals surface area (Å²) in [5.74, 6) is 0.122. The summed E-state index contributed by atoms with van der Waals surface area (Å²) in [5.41, 5.74) is -3.89. The summed E-state index contributed by atoms with van der Waals surface area (Å²) in [7, 11) is -1.25. The van der Waals surface area contributed by atoms with E-state index in [1.807, 2.05) is 0 Å². The molecule has 1 aliphatic heterocycles. The Balaban J connectivity index is 2.69. The van der Waals surface area contributed by atoms with Crippen LogP contribution >= 0.6 is 0 Å². The number of anilines is 1. The minimum Gasteiger partial charge on any atom is -0.358 e. The van der Waals surface area contributed by atoms with E-state index in [0.29, 0.717) is 25.0 Å². The zero-order valence-electron chi connectivity index (χ0n) is 14.6. The highest BCUT2D eigenvalue weighted by Gasteiger charge is 2.44. The molecule has 1 atom stereocenters. The molecule has 0 saturated carbocycles. The predicted molar refractivity (Wildman–Crippen MR) is 93.3 cm³/mol. The Kier molecular flexibility index (Phi) is 5.78. The third kappa shape index (κ3) is 3.89. The van der Waals surface area contributed by atoms with E-state index in [2.05, 4.69) is 0 Å². The lowest BCUT2D eigenvalue weighted by Crippen LogP contribution is -2.53. The highest BCUT2D eigenvalue weighted by Crippen LogP contribution is 2.45. The summed E-state index contributed by atoms with van der Waals surface area (Å²) in [6.45, 7) is 3.63. The Labute approximate surface area is 155 Å². The van der Waals surface area contributed by atoms with Crippen molar-refractivity contribution < 1.29 is 27.2 Å². The van der Waals surface area contributed by atoms with Crippen molar-refractivity contribution in [1.29, 1.82) is 0 Å². The minimum absolute atomic E-state index is 0.0153. The van der Waals surface area contributed by atoms with E-state index in [4.69, 9.17) is 0 Å². The van der Waals surface area contributed by atoms with Crippen LogP contribution < -0.4 is 4.90 Å². The van der Waals surface area contributed by atoms with Crippen molar-refractivity contribution in [2.75, 3.05) is 23.7 Å². The van der Waals surface area contributed by atoms with Gasteiger partial charge in [-0.05, 0) is 12.8 Å². The number of nitro benzene ring substituents is 2. The van der Waals surface area contributed by atoms with Gasteiger partial charge in [0.05, 0.1) is 20.2 Å². The van der Waals surface area contributed by atoms with E-state index in [0.717, 1.165) is 0 Å². The Morgan fingerprint density at radius 2 is 1.63 bits per heavy atom. The Morgan fingerprint density at radius 1 is 1.15 bits per heavy atom. The van der Waals surface area contributed by atoms with Crippen LogP contribution in [-0.2, 0) is 17.0 Å². The van der Waals surface area contributed by atoms with Gasteiger partial charge in [-0.15, -0.1) is 0 Å². The highest BCUT2D eigenvalue weighted by atomic mass is 32.2. The second kappa shape index (κ2) is 7.41. The van der Waals surface area contributed by atoms with Gasteiger partial charge >= 0.3 is 6.18 Å². The summed E-state index contributed by atoms with van der Waals surface area (Å²) in [5, 5.41) is 22.8. The maximum Gasteiger partial charge on any atom is 0.416 e. The summed E-state index contributed by atoms with van der Waals surface area (Å²) >= 11 is 0. The van der Waals surface area contributed by atoms with E-state index in [-0.39, 0.29) is 18.8 Å². The molecule has 150 valence electrons. The van der Waals surface area contributed by atoms with Gasteiger partial charge in [-0.1, -0.05) is 13.8 Å². The molecule has 1 aromatic rings. The van der Waals surface area contributed by atoms with Gasteiger partial charge in [-0.25, -0.2) is 0 Å². The van der Waals surface area contributed by atoms with Crippen LogP contribution in [0, 0.1) is 20.2 Å². The van der Waals surface area contributed by atoms with Gasteiger partial charge in [0, 0.05) is 41.8 Å². The molecule has 1 fully saturated rings. The lowest BCUT2D eigenvalue weighted by atomic mass is 10.00. The van der Waals surface area contributed by atoms with Crippen LogP contribution in [0.3, 0.4) is 0 Å². The molecular weight excluding hydrogens is 391 g/mol. The van der Waals surface area contributed by atoms with Crippen molar-refractivity contribution in [3.8, 4) is 0 Å². The number of alkyl halides is 3. The molecule has 0 radical (unpaired) electrons. The fraction of sp³-hybridized carbons (Fsp3) is 0.600. The van der Waals surface area contributed by atoms with Crippen molar-refractivity contribution in [2.45, 2.75) is 37.6 Å².